The molecule has 3 atom stereocenters. The summed E-state index contributed by atoms with van der Waals surface area (Å²) in [7, 11) is -0.875. The minimum absolute atomic E-state index is 0.0343. The molecule has 0 aliphatic rings. The standard InChI is InChI=1S/C9H20N2O2S/c1-4-8(5-10)9(12)11-7(2)6-14(3)13/h7-8H,4-6,10H2,1-3H3,(H,11,12). The molecule has 0 bridgehead atoms. The Morgan fingerprint density at radius 3 is 2.50 bits per heavy atom. The van der Waals surface area contributed by atoms with Gasteiger partial charge in [0.2, 0.25) is 5.91 Å². The summed E-state index contributed by atoms with van der Waals surface area (Å²) < 4.78 is 10.9. The van der Waals surface area contributed by atoms with E-state index in [2.05, 4.69) is 5.32 Å². The summed E-state index contributed by atoms with van der Waals surface area (Å²) in [5, 5.41) is 2.80. The van der Waals surface area contributed by atoms with Crippen LogP contribution < -0.4 is 11.1 Å². The maximum Gasteiger partial charge on any atom is 0.224 e. The molecule has 0 aliphatic heterocycles. The fourth-order valence-corrected chi connectivity index (χ4v) is 2.00. The number of hydrogen-bond acceptors (Lipinski definition) is 3. The number of amides is 1. The molecule has 0 rings (SSSR count). The van der Waals surface area contributed by atoms with Crippen LogP contribution in [0.3, 0.4) is 0 Å². The highest BCUT2D eigenvalue weighted by Gasteiger charge is 2.16. The number of nitrogens with two attached hydrogens (primary N) is 1. The van der Waals surface area contributed by atoms with E-state index in [0.717, 1.165) is 6.42 Å². The van der Waals surface area contributed by atoms with Crippen LogP contribution >= 0.6 is 0 Å². The van der Waals surface area contributed by atoms with E-state index in [-0.39, 0.29) is 17.9 Å². The minimum atomic E-state index is -0.875. The minimum Gasteiger partial charge on any atom is -0.352 e. The first-order chi connectivity index (χ1) is 6.51. The average Bonchev–Trinajstić information content (AvgIpc) is 2.04. The Morgan fingerprint density at radius 1 is 1.57 bits per heavy atom. The molecule has 1 amide bonds. The van der Waals surface area contributed by atoms with Crippen LogP contribution in [-0.2, 0) is 15.6 Å². The number of rotatable bonds is 6. The highest BCUT2D eigenvalue weighted by molar-refractivity contribution is 7.84. The smallest absolute Gasteiger partial charge is 0.224 e. The second-order valence-corrected chi connectivity index (χ2v) is 4.97. The zero-order valence-electron chi connectivity index (χ0n) is 9.08. The van der Waals surface area contributed by atoms with Crippen LogP contribution in [0.1, 0.15) is 20.3 Å². The monoisotopic (exact) mass is 220 g/mol. The van der Waals surface area contributed by atoms with Crippen LogP contribution in [0.2, 0.25) is 0 Å². The maximum absolute atomic E-state index is 11.5. The first-order valence-corrected chi connectivity index (χ1v) is 6.54. The molecule has 5 heteroatoms. The SMILES string of the molecule is CCC(CN)C(=O)NC(C)CS(C)=O. The highest BCUT2D eigenvalue weighted by Crippen LogP contribution is 2.00. The van der Waals surface area contributed by atoms with E-state index >= 15 is 0 Å². The molecular formula is C9H20N2O2S. The van der Waals surface area contributed by atoms with Crippen LogP contribution in [0.25, 0.3) is 0 Å². The summed E-state index contributed by atoms with van der Waals surface area (Å²) >= 11 is 0. The summed E-state index contributed by atoms with van der Waals surface area (Å²) in [6, 6.07) is -0.0473. The van der Waals surface area contributed by atoms with Crippen molar-refractivity contribution in [2.45, 2.75) is 26.3 Å². The molecule has 0 aliphatic carbocycles. The van der Waals surface area contributed by atoms with Crippen LogP contribution in [-0.4, -0.2) is 34.7 Å². The van der Waals surface area contributed by atoms with Gasteiger partial charge in [0.1, 0.15) is 0 Å². The van der Waals surface area contributed by atoms with Crippen molar-refractivity contribution in [3.8, 4) is 0 Å². The molecule has 0 radical (unpaired) electrons. The Morgan fingerprint density at radius 2 is 2.14 bits per heavy atom. The van der Waals surface area contributed by atoms with Crippen LogP contribution in [0.4, 0.5) is 0 Å². The van der Waals surface area contributed by atoms with Crippen molar-refractivity contribution in [2.24, 2.45) is 11.7 Å². The Labute approximate surface area is 88.1 Å². The van der Waals surface area contributed by atoms with E-state index in [1.165, 1.54) is 0 Å². The van der Waals surface area contributed by atoms with Gasteiger partial charge < -0.3 is 11.1 Å². The third-order valence-corrected chi connectivity index (χ3v) is 2.99. The molecule has 84 valence electrons. The second kappa shape index (κ2) is 6.95. The third kappa shape index (κ3) is 5.34. The molecule has 3 N–H and O–H groups in total. The van der Waals surface area contributed by atoms with Gasteiger partial charge in [0, 0.05) is 41.3 Å². The van der Waals surface area contributed by atoms with Crippen molar-refractivity contribution in [2.75, 3.05) is 18.6 Å². The van der Waals surface area contributed by atoms with Gasteiger partial charge in [0.15, 0.2) is 0 Å². The van der Waals surface area contributed by atoms with Gasteiger partial charge in [-0.2, -0.15) is 0 Å². The molecule has 0 heterocycles. The van der Waals surface area contributed by atoms with Gasteiger partial charge in [-0.1, -0.05) is 6.92 Å². The highest BCUT2D eigenvalue weighted by atomic mass is 32.2. The van der Waals surface area contributed by atoms with Crippen molar-refractivity contribution in [1.82, 2.24) is 5.32 Å². The van der Waals surface area contributed by atoms with Crippen molar-refractivity contribution < 1.29 is 9.00 Å². The largest absolute Gasteiger partial charge is 0.352 e. The average molecular weight is 220 g/mol. The Bertz CT molecular complexity index is 205. The molecule has 0 saturated carbocycles. The molecule has 0 fully saturated rings. The molecular weight excluding hydrogens is 200 g/mol. The quantitative estimate of drug-likeness (QED) is 0.654. The van der Waals surface area contributed by atoms with E-state index in [9.17, 15) is 9.00 Å². The van der Waals surface area contributed by atoms with Crippen molar-refractivity contribution in [3.63, 3.8) is 0 Å². The maximum atomic E-state index is 11.5. The Hall–Kier alpha value is -0.420. The fraction of sp³-hybridized carbons (Fsp3) is 0.889. The molecule has 3 unspecified atom stereocenters. The summed E-state index contributed by atoms with van der Waals surface area (Å²) in [6.45, 7) is 4.15. The topological polar surface area (TPSA) is 72.2 Å². The van der Waals surface area contributed by atoms with Gasteiger partial charge in [0.25, 0.3) is 0 Å². The predicted octanol–water partition coefficient (Wildman–Crippen LogP) is -0.145. The number of carbonyl (C=O) groups excluding carboxylic acids is 1. The first-order valence-electron chi connectivity index (χ1n) is 4.81. The van der Waals surface area contributed by atoms with Crippen molar-refractivity contribution in [3.05, 3.63) is 0 Å². The zero-order valence-corrected chi connectivity index (χ0v) is 9.89. The lowest BCUT2D eigenvalue weighted by Gasteiger charge is -2.17. The third-order valence-electron chi connectivity index (χ3n) is 2.02. The fourth-order valence-electron chi connectivity index (χ4n) is 1.21. The lowest BCUT2D eigenvalue weighted by atomic mass is 10.1. The normalized spacial score (nSPS) is 17.1. The lowest BCUT2D eigenvalue weighted by molar-refractivity contribution is -0.125. The molecule has 0 saturated heterocycles. The van der Waals surface area contributed by atoms with Crippen LogP contribution in [0.5, 0.6) is 0 Å². The van der Waals surface area contributed by atoms with Gasteiger partial charge >= 0.3 is 0 Å². The number of carbonyl (C=O) groups is 1. The predicted molar refractivity (Wildman–Crippen MR) is 59.4 cm³/mol. The van der Waals surface area contributed by atoms with E-state index < -0.39 is 10.8 Å². The van der Waals surface area contributed by atoms with E-state index in [1.807, 2.05) is 13.8 Å². The first kappa shape index (κ1) is 13.6. The van der Waals surface area contributed by atoms with Gasteiger partial charge in [-0.3, -0.25) is 9.00 Å². The molecule has 0 aromatic heterocycles. The second-order valence-electron chi connectivity index (χ2n) is 3.49. The molecule has 0 spiro atoms. The molecule has 14 heavy (non-hydrogen) atoms. The summed E-state index contributed by atoms with van der Waals surface area (Å²) in [5.41, 5.74) is 5.44. The lowest BCUT2D eigenvalue weighted by Crippen LogP contribution is -2.41. The summed E-state index contributed by atoms with van der Waals surface area (Å²) in [5.74, 6) is 0.336. The summed E-state index contributed by atoms with van der Waals surface area (Å²) in [6.07, 6.45) is 2.37. The van der Waals surface area contributed by atoms with E-state index in [4.69, 9.17) is 5.73 Å². The molecule has 0 aromatic carbocycles. The number of hydrogen-bond donors (Lipinski definition) is 2. The number of nitrogens with one attached hydrogen (secondary N) is 1. The van der Waals surface area contributed by atoms with Gasteiger partial charge in [-0.15, -0.1) is 0 Å². The van der Waals surface area contributed by atoms with Crippen LogP contribution in [0, 0.1) is 5.92 Å². The zero-order chi connectivity index (χ0) is 11.1. The van der Waals surface area contributed by atoms with E-state index in [1.54, 1.807) is 6.26 Å². The molecule has 0 aromatic rings. The van der Waals surface area contributed by atoms with Gasteiger partial charge in [-0.05, 0) is 13.3 Å². The molecule has 4 nitrogen and oxygen atoms in total. The van der Waals surface area contributed by atoms with E-state index in [0.29, 0.717) is 12.3 Å². The Kier molecular flexibility index (Phi) is 6.74. The van der Waals surface area contributed by atoms with Gasteiger partial charge in [-0.25, -0.2) is 0 Å². The van der Waals surface area contributed by atoms with Crippen molar-refractivity contribution >= 4 is 16.7 Å². The Balaban J connectivity index is 3.97. The van der Waals surface area contributed by atoms with Gasteiger partial charge in [0.05, 0.1) is 0 Å². The van der Waals surface area contributed by atoms with Crippen LogP contribution in [0.15, 0.2) is 0 Å². The van der Waals surface area contributed by atoms with Crippen molar-refractivity contribution in [1.29, 1.82) is 0 Å². The summed E-state index contributed by atoms with van der Waals surface area (Å²) in [4.78, 5) is 11.5.